The van der Waals surface area contributed by atoms with Crippen LogP contribution in [0.3, 0.4) is 0 Å². The number of hydrogen-bond acceptors (Lipinski definition) is 4. The van der Waals surface area contributed by atoms with Crippen LogP contribution < -0.4 is 5.43 Å². The second-order valence-electron chi connectivity index (χ2n) is 5.42. The molecule has 0 bridgehead atoms. The standard InChI is InChI=1S/C17H18ClN3O3S/c1-13-3-9-16(10-4-13)25(23,24)21(2)12-17(22)20-19-11-14-5-7-15(18)8-6-14/h3-11H,12H2,1-2H3,(H,20,22). The van der Waals surface area contributed by atoms with Crippen LogP contribution in [0.4, 0.5) is 0 Å². The van der Waals surface area contributed by atoms with Crippen LogP contribution in [0, 0.1) is 6.92 Å². The lowest BCUT2D eigenvalue weighted by Gasteiger charge is -2.16. The molecule has 8 heteroatoms. The fraction of sp³-hybridized carbons (Fsp3) is 0.176. The smallest absolute Gasteiger partial charge is 0.255 e. The van der Waals surface area contributed by atoms with E-state index in [1.165, 1.54) is 25.4 Å². The summed E-state index contributed by atoms with van der Waals surface area (Å²) in [6.45, 7) is 1.53. The van der Waals surface area contributed by atoms with E-state index in [0.29, 0.717) is 5.02 Å². The normalized spacial score (nSPS) is 11.8. The van der Waals surface area contributed by atoms with Gasteiger partial charge in [0.15, 0.2) is 0 Å². The van der Waals surface area contributed by atoms with Crippen LogP contribution >= 0.6 is 11.6 Å². The van der Waals surface area contributed by atoms with Gasteiger partial charge in [-0.2, -0.15) is 9.41 Å². The first-order valence-corrected chi connectivity index (χ1v) is 9.21. The summed E-state index contributed by atoms with van der Waals surface area (Å²) in [7, 11) is -2.38. The quantitative estimate of drug-likeness (QED) is 0.618. The Hall–Kier alpha value is -2.22. The summed E-state index contributed by atoms with van der Waals surface area (Å²) in [5.74, 6) is -0.539. The maximum absolute atomic E-state index is 12.4. The monoisotopic (exact) mass is 379 g/mol. The van der Waals surface area contributed by atoms with Crippen molar-refractivity contribution < 1.29 is 13.2 Å². The zero-order valence-corrected chi connectivity index (χ0v) is 15.4. The first-order valence-electron chi connectivity index (χ1n) is 7.39. The number of halogens is 1. The largest absolute Gasteiger partial charge is 0.272 e. The summed E-state index contributed by atoms with van der Waals surface area (Å²) >= 11 is 5.78. The van der Waals surface area contributed by atoms with E-state index in [1.807, 2.05) is 6.92 Å². The van der Waals surface area contributed by atoms with Crippen molar-refractivity contribution in [3.63, 3.8) is 0 Å². The molecule has 0 saturated heterocycles. The third-order valence-electron chi connectivity index (χ3n) is 3.37. The summed E-state index contributed by atoms with van der Waals surface area (Å²) in [6.07, 6.45) is 1.45. The molecule has 0 atom stereocenters. The van der Waals surface area contributed by atoms with Gasteiger partial charge in [-0.3, -0.25) is 4.79 Å². The van der Waals surface area contributed by atoms with Gasteiger partial charge in [0.1, 0.15) is 0 Å². The summed E-state index contributed by atoms with van der Waals surface area (Å²) in [4.78, 5) is 12.0. The minimum atomic E-state index is -3.73. The van der Waals surface area contributed by atoms with Gasteiger partial charge in [0.25, 0.3) is 5.91 Å². The number of amides is 1. The Labute approximate surface area is 152 Å². The Morgan fingerprint density at radius 2 is 1.76 bits per heavy atom. The first kappa shape index (κ1) is 19.1. The zero-order valence-electron chi connectivity index (χ0n) is 13.8. The van der Waals surface area contributed by atoms with Crippen molar-refractivity contribution in [1.29, 1.82) is 0 Å². The van der Waals surface area contributed by atoms with E-state index in [9.17, 15) is 13.2 Å². The van der Waals surface area contributed by atoms with Crippen molar-refractivity contribution in [2.75, 3.05) is 13.6 Å². The maximum Gasteiger partial charge on any atom is 0.255 e. The lowest BCUT2D eigenvalue weighted by molar-refractivity contribution is -0.121. The lowest BCUT2D eigenvalue weighted by atomic mass is 10.2. The van der Waals surface area contributed by atoms with Gasteiger partial charge in [0, 0.05) is 12.1 Å². The molecular weight excluding hydrogens is 362 g/mol. The summed E-state index contributed by atoms with van der Waals surface area (Å²) in [5.41, 5.74) is 4.01. The number of carbonyl (C=O) groups is 1. The molecule has 0 aliphatic heterocycles. The van der Waals surface area contributed by atoms with Gasteiger partial charge in [-0.1, -0.05) is 41.4 Å². The zero-order chi connectivity index (χ0) is 18.4. The Morgan fingerprint density at radius 1 is 1.16 bits per heavy atom. The maximum atomic E-state index is 12.4. The van der Waals surface area contributed by atoms with E-state index in [1.54, 1.807) is 36.4 Å². The highest BCUT2D eigenvalue weighted by molar-refractivity contribution is 7.89. The number of carbonyl (C=O) groups excluding carboxylic acids is 1. The van der Waals surface area contributed by atoms with Gasteiger partial charge in [0.05, 0.1) is 17.7 Å². The summed E-state index contributed by atoms with van der Waals surface area (Å²) in [5, 5.41) is 4.40. The molecule has 1 amide bonds. The highest BCUT2D eigenvalue weighted by Gasteiger charge is 2.22. The number of hydrogen-bond donors (Lipinski definition) is 1. The molecule has 0 heterocycles. The highest BCUT2D eigenvalue weighted by Crippen LogP contribution is 2.14. The van der Waals surface area contributed by atoms with Crippen LogP contribution in [0.25, 0.3) is 0 Å². The van der Waals surface area contributed by atoms with Crippen molar-refractivity contribution in [3.05, 3.63) is 64.7 Å². The Morgan fingerprint density at radius 3 is 2.36 bits per heavy atom. The molecule has 0 fully saturated rings. The second kappa shape index (κ2) is 8.24. The number of sulfonamides is 1. The van der Waals surface area contributed by atoms with Gasteiger partial charge in [-0.15, -0.1) is 0 Å². The molecule has 0 unspecified atom stereocenters. The molecule has 0 aromatic heterocycles. The topological polar surface area (TPSA) is 78.8 Å². The minimum absolute atomic E-state index is 0.137. The summed E-state index contributed by atoms with van der Waals surface area (Å²) < 4.78 is 25.8. The Balaban J connectivity index is 1.95. The molecule has 0 spiro atoms. The predicted molar refractivity (Wildman–Crippen MR) is 98.2 cm³/mol. The number of aryl methyl sites for hydroxylation is 1. The van der Waals surface area contributed by atoms with Crippen molar-refractivity contribution >= 4 is 33.7 Å². The molecule has 2 aromatic rings. The third kappa shape index (κ3) is 5.38. The van der Waals surface area contributed by atoms with Crippen molar-refractivity contribution in [2.24, 2.45) is 5.10 Å². The van der Waals surface area contributed by atoms with Crippen molar-refractivity contribution in [3.8, 4) is 0 Å². The minimum Gasteiger partial charge on any atom is -0.272 e. The van der Waals surface area contributed by atoms with Crippen LogP contribution in [0.15, 0.2) is 58.5 Å². The molecular formula is C17H18ClN3O3S. The molecule has 132 valence electrons. The van der Waals surface area contributed by atoms with Crippen LogP contribution in [0.1, 0.15) is 11.1 Å². The number of hydrazone groups is 1. The number of benzene rings is 2. The first-order chi connectivity index (χ1) is 11.8. The van der Waals surface area contributed by atoms with Crippen LogP contribution in [-0.4, -0.2) is 38.4 Å². The fourth-order valence-electron chi connectivity index (χ4n) is 1.94. The Bertz CT molecular complexity index is 863. The van der Waals surface area contributed by atoms with Crippen molar-refractivity contribution in [2.45, 2.75) is 11.8 Å². The molecule has 25 heavy (non-hydrogen) atoms. The average molecular weight is 380 g/mol. The number of rotatable bonds is 6. The van der Waals surface area contributed by atoms with Crippen LogP contribution in [0.5, 0.6) is 0 Å². The van der Waals surface area contributed by atoms with Crippen molar-refractivity contribution in [1.82, 2.24) is 9.73 Å². The van der Waals surface area contributed by atoms with Crippen LogP contribution in [0.2, 0.25) is 5.02 Å². The average Bonchev–Trinajstić information content (AvgIpc) is 2.57. The molecule has 0 aliphatic carbocycles. The SMILES string of the molecule is Cc1ccc(S(=O)(=O)N(C)CC(=O)NN=Cc2ccc(Cl)cc2)cc1. The van der Waals surface area contributed by atoms with Gasteiger partial charge in [-0.25, -0.2) is 13.8 Å². The van der Waals surface area contributed by atoms with E-state index in [0.717, 1.165) is 15.4 Å². The Kier molecular flexibility index (Phi) is 6.30. The van der Waals surface area contributed by atoms with Gasteiger partial charge < -0.3 is 0 Å². The number of nitrogens with zero attached hydrogens (tertiary/aromatic N) is 2. The number of nitrogens with one attached hydrogen (secondary N) is 1. The number of likely N-dealkylation sites (N-methyl/N-ethyl adjacent to an activating group) is 1. The molecule has 6 nitrogen and oxygen atoms in total. The van der Waals surface area contributed by atoms with Gasteiger partial charge in [-0.05, 0) is 36.8 Å². The van der Waals surface area contributed by atoms with Gasteiger partial charge in [0.2, 0.25) is 10.0 Å². The second-order valence-corrected chi connectivity index (χ2v) is 7.90. The third-order valence-corrected chi connectivity index (χ3v) is 5.44. The van der Waals surface area contributed by atoms with Gasteiger partial charge >= 0.3 is 0 Å². The predicted octanol–water partition coefficient (Wildman–Crippen LogP) is 2.42. The van der Waals surface area contributed by atoms with E-state index in [-0.39, 0.29) is 11.4 Å². The van der Waals surface area contributed by atoms with Crippen LogP contribution in [-0.2, 0) is 14.8 Å². The molecule has 0 radical (unpaired) electrons. The molecule has 0 saturated carbocycles. The molecule has 2 aromatic carbocycles. The van der Waals surface area contributed by atoms with E-state index in [2.05, 4.69) is 10.5 Å². The van der Waals surface area contributed by atoms with E-state index >= 15 is 0 Å². The molecule has 2 rings (SSSR count). The highest BCUT2D eigenvalue weighted by atomic mass is 35.5. The molecule has 1 N–H and O–H groups in total. The van der Waals surface area contributed by atoms with E-state index in [4.69, 9.17) is 11.6 Å². The summed E-state index contributed by atoms with van der Waals surface area (Å²) in [6, 6.07) is 13.3. The fourth-order valence-corrected chi connectivity index (χ4v) is 3.19. The van der Waals surface area contributed by atoms with E-state index < -0.39 is 15.9 Å². The lowest BCUT2D eigenvalue weighted by Crippen LogP contribution is -2.36. The molecule has 0 aliphatic rings.